The molecule has 1 atom stereocenters. The molecule has 47 heavy (non-hydrogen) atoms. The number of amides is 5. The van der Waals surface area contributed by atoms with Gasteiger partial charge in [0.15, 0.2) is 5.58 Å². The van der Waals surface area contributed by atoms with Crippen LogP contribution >= 0.6 is 15.9 Å². The normalized spacial score (nSPS) is 20.6. The molecule has 1 unspecified atom stereocenters. The standard InChI is InChI=1S/C34H42BrN7O5/c35-26-18-22(20-29-30(26)38-34(46)47-29)19-28(31(43)40-14-8-24(9-15-40)39-12-4-1-5-13-39)37-32(44)41-16-10-25(11-17-41)42-21-23-6-2-3-7-27(23)36-33(42)45/h2-3,6-7,18,20,24-25,28H,1,4-5,8-17,19,21H2,(H,36,45)(H,37,44)(H,38,46). The molecule has 0 spiro atoms. The second-order valence-corrected chi connectivity index (χ2v) is 14.1. The van der Waals surface area contributed by atoms with Crippen molar-refractivity contribution in [3.05, 3.63) is 62.5 Å². The van der Waals surface area contributed by atoms with Gasteiger partial charge in [0.25, 0.3) is 0 Å². The van der Waals surface area contributed by atoms with Gasteiger partial charge in [0.05, 0.1) is 0 Å². The molecule has 3 fully saturated rings. The van der Waals surface area contributed by atoms with Crippen LogP contribution in [0.4, 0.5) is 15.3 Å². The van der Waals surface area contributed by atoms with Gasteiger partial charge >= 0.3 is 17.8 Å². The van der Waals surface area contributed by atoms with E-state index in [0.29, 0.717) is 67.2 Å². The number of halogens is 1. The Hall–Kier alpha value is -3.84. The van der Waals surface area contributed by atoms with Crippen molar-refractivity contribution in [2.75, 3.05) is 44.6 Å². The highest BCUT2D eigenvalue weighted by Crippen LogP contribution is 2.29. The third kappa shape index (κ3) is 6.92. The molecule has 0 saturated carbocycles. The number of rotatable bonds is 6. The molecular weight excluding hydrogens is 666 g/mol. The molecule has 0 aliphatic carbocycles. The number of nitrogens with one attached hydrogen (secondary N) is 3. The number of nitrogens with zero attached hydrogens (tertiary/aromatic N) is 4. The minimum Gasteiger partial charge on any atom is -0.408 e. The maximum absolute atomic E-state index is 14.1. The molecule has 13 heteroatoms. The maximum Gasteiger partial charge on any atom is 0.417 e. The fourth-order valence-electron chi connectivity index (χ4n) is 7.71. The first-order valence-corrected chi connectivity index (χ1v) is 17.7. The van der Waals surface area contributed by atoms with E-state index >= 15 is 0 Å². The summed E-state index contributed by atoms with van der Waals surface area (Å²) in [6.45, 7) is 5.10. The van der Waals surface area contributed by atoms with Gasteiger partial charge in [-0.15, -0.1) is 0 Å². The van der Waals surface area contributed by atoms with Crippen LogP contribution in [-0.2, 0) is 17.8 Å². The third-order valence-corrected chi connectivity index (χ3v) is 10.9. The summed E-state index contributed by atoms with van der Waals surface area (Å²) in [7, 11) is 0. The Morgan fingerprint density at radius 3 is 2.38 bits per heavy atom. The van der Waals surface area contributed by atoms with E-state index in [0.717, 1.165) is 42.7 Å². The van der Waals surface area contributed by atoms with Crippen molar-refractivity contribution in [1.29, 1.82) is 0 Å². The lowest BCUT2D eigenvalue weighted by Gasteiger charge is -2.42. The SMILES string of the molecule is O=C(NC(Cc1cc(Br)c2[nH]c(=O)oc2c1)C(=O)N1CCC(N2CCCCC2)CC1)N1CCC(N2Cc3ccccc3NC2=O)CC1. The highest BCUT2D eigenvalue weighted by atomic mass is 79.9. The number of likely N-dealkylation sites (tertiary alicyclic amines) is 3. The van der Waals surface area contributed by atoms with Crippen molar-refractivity contribution in [1.82, 2.24) is 29.9 Å². The number of benzene rings is 2. The zero-order valence-electron chi connectivity index (χ0n) is 26.5. The first kappa shape index (κ1) is 31.7. The van der Waals surface area contributed by atoms with E-state index in [4.69, 9.17) is 4.42 Å². The summed E-state index contributed by atoms with van der Waals surface area (Å²) in [6, 6.07) is 10.8. The Kier molecular flexibility index (Phi) is 9.26. The fraction of sp³-hybridized carbons (Fsp3) is 0.529. The van der Waals surface area contributed by atoms with Crippen LogP contribution in [0, 0.1) is 0 Å². The third-order valence-electron chi connectivity index (χ3n) is 10.3. The number of oxazole rings is 1. The molecule has 7 rings (SSSR count). The van der Waals surface area contributed by atoms with Crippen LogP contribution < -0.4 is 16.4 Å². The molecule has 5 amide bonds. The lowest BCUT2D eigenvalue weighted by molar-refractivity contribution is -0.134. The predicted octanol–water partition coefficient (Wildman–Crippen LogP) is 4.49. The van der Waals surface area contributed by atoms with Gasteiger partial charge in [-0.2, -0.15) is 0 Å². The predicted molar refractivity (Wildman–Crippen MR) is 181 cm³/mol. The summed E-state index contributed by atoms with van der Waals surface area (Å²) in [5.74, 6) is -0.647. The van der Waals surface area contributed by atoms with E-state index in [2.05, 4.69) is 36.4 Å². The summed E-state index contributed by atoms with van der Waals surface area (Å²) in [4.78, 5) is 63.3. The summed E-state index contributed by atoms with van der Waals surface area (Å²) < 4.78 is 5.97. The minimum absolute atomic E-state index is 0.0196. The van der Waals surface area contributed by atoms with Crippen molar-refractivity contribution in [3.8, 4) is 0 Å². The molecule has 0 radical (unpaired) electrons. The average Bonchev–Trinajstić information content (AvgIpc) is 3.48. The van der Waals surface area contributed by atoms with Crippen molar-refractivity contribution >= 4 is 50.7 Å². The van der Waals surface area contributed by atoms with Crippen LogP contribution in [-0.4, -0.2) is 99.9 Å². The molecule has 0 bridgehead atoms. The van der Waals surface area contributed by atoms with Gasteiger partial charge in [0.2, 0.25) is 5.91 Å². The smallest absolute Gasteiger partial charge is 0.408 e. The van der Waals surface area contributed by atoms with E-state index < -0.39 is 11.8 Å². The number of carbonyl (C=O) groups is 3. The number of hydrogen-bond acceptors (Lipinski definition) is 6. The highest BCUT2D eigenvalue weighted by molar-refractivity contribution is 9.10. The van der Waals surface area contributed by atoms with E-state index in [-0.39, 0.29) is 30.4 Å². The van der Waals surface area contributed by atoms with Crippen molar-refractivity contribution in [3.63, 3.8) is 0 Å². The van der Waals surface area contributed by atoms with Crippen LogP contribution in [0.5, 0.6) is 0 Å². The zero-order chi connectivity index (χ0) is 32.5. The number of hydrogen-bond donors (Lipinski definition) is 3. The summed E-state index contributed by atoms with van der Waals surface area (Å²) in [5.41, 5.74) is 3.65. The molecule has 12 nitrogen and oxygen atoms in total. The Morgan fingerprint density at radius 1 is 0.915 bits per heavy atom. The number of carbonyl (C=O) groups excluding carboxylic acids is 3. The number of urea groups is 2. The van der Waals surface area contributed by atoms with Crippen LogP contribution in [0.1, 0.15) is 56.1 Å². The number of para-hydroxylation sites is 1. The summed E-state index contributed by atoms with van der Waals surface area (Å²) in [5, 5.41) is 6.06. The number of aromatic nitrogens is 1. The van der Waals surface area contributed by atoms with Crippen molar-refractivity contribution < 1.29 is 18.8 Å². The molecule has 3 saturated heterocycles. The molecule has 2 aromatic carbocycles. The Labute approximate surface area is 281 Å². The monoisotopic (exact) mass is 707 g/mol. The second kappa shape index (κ2) is 13.7. The molecule has 3 N–H and O–H groups in total. The van der Waals surface area contributed by atoms with Crippen molar-refractivity contribution in [2.45, 2.75) is 76.0 Å². The van der Waals surface area contributed by atoms with Crippen LogP contribution in [0.15, 0.2) is 50.1 Å². The van der Waals surface area contributed by atoms with Crippen LogP contribution in [0.25, 0.3) is 11.1 Å². The van der Waals surface area contributed by atoms with E-state index in [9.17, 15) is 19.2 Å². The lowest BCUT2D eigenvalue weighted by atomic mass is 9.98. The number of anilines is 1. The molecule has 3 aromatic rings. The number of fused-ring (bicyclic) bond motifs is 2. The molecule has 1 aromatic heterocycles. The first-order chi connectivity index (χ1) is 22.8. The Balaban J connectivity index is 1.02. The van der Waals surface area contributed by atoms with E-state index in [1.54, 1.807) is 11.0 Å². The van der Waals surface area contributed by atoms with Gasteiger partial charge in [-0.25, -0.2) is 14.4 Å². The van der Waals surface area contributed by atoms with Gasteiger partial charge in [-0.3, -0.25) is 9.78 Å². The van der Waals surface area contributed by atoms with Crippen LogP contribution in [0.3, 0.4) is 0 Å². The minimum atomic E-state index is -0.786. The van der Waals surface area contributed by atoms with Gasteiger partial charge in [-0.05, 0) is 96.9 Å². The van der Waals surface area contributed by atoms with E-state index in [1.165, 1.54) is 19.3 Å². The molecular formula is C34H42BrN7O5. The van der Waals surface area contributed by atoms with Gasteiger partial charge in [-0.1, -0.05) is 24.6 Å². The first-order valence-electron chi connectivity index (χ1n) is 16.9. The number of piperidine rings is 3. The molecule has 4 aliphatic rings. The summed E-state index contributed by atoms with van der Waals surface area (Å²) >= 11 is 3.52. The summed E-state index contributed by atoms with van der Waals surface area (Å²) in [6.07, 6.45) is 7.20. The molecule has 250 valence electrons. The average molecular weight is 709 g/mol. The Morgan fingerprint density at radius 2 is 1.62 bits per heavy atom. The highest BCUT2D eigenvalue weighted by Gasteiger charge is 2.35. The topological polar surface area (TPSA) is 134 Å². The van der Waals surface area contributed by atoms with Gasteiger partial charge < -0.3 is 34.7 Å². The van der Waals surface area contributed by atoms with Gasteiger partial charge in [0, 0.05) is 61.4 Å². The second-order valence-electron chi connectivity index (χ2n) is 13.3. The van der Waals surface area contributed by atoms with Crippen LogP contribution in [0.2, 0.25) is 0 Å². The van der Waals surface area contributed by atoms with E-state index in [1.807, 2.05) is 40.1 Å². The number of H-pyrrole nitrogens is 1. The largest absolute Gasteiger partial charge is 0.417 e. The molecule has 4 aliphatic heterocycles. The quantitative estimate of drug-likeness (QED) is 0.346. The maximum atomic E-state index is 14.1. The Bertz CT molecular complexity index is 1690. The molecule has 5 heterocycles. The number of aromatic amines is 1. The van der Waals surface area contributed by atoms with Gasteiger partial charge in [0.1, 0.15) is 11.6 Å². The van der Waals surface area contributed by atoms with Crippen molar-refractivity contribution in [2.24, 2.45) is 0 Å². The zero-order valence-corrected chi connectivity index (χ0v) is 28.1. The lowest BCUT2D eigenvalue weighted by Crippen LogP contribution is -2.57. The fourth-order valence-corrected chi connectivity index (χ4v) is 8.30.